The van der Waals surface area contributed by atoms with Crippen LogP contribution in [0.2, 0.25) is 0 Å². The average Bonchev–Trinajstić information content (AvgIpc) is 2.53. The molecule has 0 radical (unpaired) electrons. The third kappa shape index (κ3) is 2.67. The number of para-hydroxylation sites is 2. The molecule has 1 atom stereocenters. The molecule has 0 fully saturated rings. The molecule has 1 aliphatic heterocycles. The SMILES string of the molecule is CCOC(=O)c1c(N)nc(N)nc1C1Oc2ccccc2NC1=O. The monoisotopic (exact) mass is 329 g/mol. The number of carbonyl (C=O) groups excluding carboxylic acids is 2. The normalized spacial score (nSPS) is 15.9. The molecule has 9 heteroatoms. The highest BCUT2D eigenvalue weighted by Crippen LogP contribution is 2.36. The number of aromatic nitrogens is 2. The van der Waals surface area contributed by atoms with Crippen LogP contribution in [0.3, 0.4) is 0 Å². The van der Waals surface area contributed by atoms with E-state index < -0.39 is 18.0 Å². The lowest BCUT2D eigenvalue weighted by atomic mass is 10.1. The standard InChI is InChI=1S/C15H15N5O4/c1-2-23-14(22)9-10(19-15(17)20-12(9)16)11-13(21)18-7-5-3-4-6-8(7)24-11/h3-6,11H,2H2,1H3,(H,18,21)(H4,16,17,19,20). The van der Waals surface area contributed by atoms with Crippen LogP contribution in [0.4, 0.5) is 17.5 Å². The number of esters is 1. The second-order valence-corrected chi connectivity index (χ2v) is 4.93. The van der Waals surface area contributed by atoms with Gasteiger partial charge >= 0.3 is 5.97 Å². The largest absolute Gasteiger partial charge is 0.472 e. The summed E-state index contributed by atoms with van der Waals surface area (Å²) in [7, 11) is 0. The number of ether oxygens (including phenoxy) is 2. The van der Waals surface area contributed by atoms with Gasteiger partial charge in [0.2, 0.25) is 12.1 Å². The summed E-state index contributed by atoms with van der Waals surface area (Å²) < 4.78 is 10.6. The van der Waals surface area contributed by atoms with Crippen molar-refractivity contribution in [1.29, 1.82) is 0 Å². The zero-order chi connectivity index (χ0) is 17.3. The van der Waals surface area contributed by atoms with E-state index in [0.29, 0.717) is 11.4 Å². The smallest absolute Gasteiger partial charge is 0.343 e. The van der Waals surface area contributed by atoms with Gasteiger partial charge in [-0.25, -0.2) is 9.78 Å². The molecule has 0 saturated heterocycles. The Labute approximate surface area is 137 Å². The highest BCUT2D eigenvalue weighted by molar-refractivity contribution is 6.02. The number of amides is 1. The third-order valence-corrected chi connectivity index (χ3v) is 3.34. The fraction of sp³-hybridized carbons (Fsp3) is 0.200. The predicted molar refractivity (Wildman–Crippen MR) is 85.3 cm³/mol. The number of hydrogen-bond donors (Lipinski definition) is 3. The molecule has 3 rings (SSSR count). The Morgan fingerprint density at radius 1 is 1.33 bits per heavy atom. The zero-order valence-corrected chi connectivity index (χ0v) is 12.8. The second kappa shape index (κ2) is 6.03. The van der Waals surface area contributed by atoms with Gasteiger partial charge in [-0.15, -0.1) is 0 Å². The first-order chi connectivity index (χ1) is 11.5. The van der Waals surface area contributed by atoms with E-state index in [2.05, 4.69) is 15.3 Å². The average molecular weight is 329 g/mol. The van der Waals surface area contributed by atoms with E-state index in [-0.39, 0.29) is 29.6 Å². The molecular weight excluding hydrogens is 314 g/mol. The van der Waals surface area contributed by atoms with Crippen LogP contribution in [-0.4, -0.2) is 28.5 Å². The summed E-state index contributed by atoms with van der Waals surface area (Å²) >= 11 is 0. The quantitative estimate of drug-likeness (QED) is 0.705. The minimum Gasteiger partial charge on any atom is -0.472 e. The molecule has 1 aromatic heterocycles. The topological polar surface area (TPSA) is 142 Å². The fourth-order valence-corrected chi connectivity index (χ4v) is 2.35. The van der Waals surface area contributed by atoms with Crippen molar-refractivity contribution in [3.05, 3.63) is 35.5 Å². The Hall–Kier alpha value is -3.36. The summed E-state index contributed by atoms with van der Waals surface area (Å²) in [5, 5.41) is 2.69. The van der Waals surface area contributed by atoms with Gasteiger partial charge in [-0.05, 0) is 19.1 Å². The molecule has 24 heavy (non-hydrogen) atoms. The van der Waals surface area contributed by atoms with E-state index in [9.17, 15) is 9.59 Å². The molecule has 1 amide bonds. The van der Waals surface area contributed by atoms with E-state index in [1.807, 2.05) is 0 Å². The maximum absolute atomic E-state index is 12.4. The highest BCUT2D eigenvalue weighted by Gasteiger charge is 2.35. The molecule has 1 aromatic carbocycles. The number of nitrogens with two attached hydrogens (primary N) is 2. The number of nitrogens with one attached hydrogen (secondary N) is 1. The number of nitrogens with zero attached hydrogens (tertiary/aromatic N) is 2. The third-order valence-electron chi connectivity index (χ3n) is 3.34. The number of anilines is 3. The molecule has 1 unspecified atom stereocenters. The van der Waals surface area contributed by atoms with Crippen LogP contribution in [0, 0.1) is 0 Å². The van der Waals surface area contributed by atoms with Crippen molar-refractivity contribution in [1.82, 2.24) is 9.97 Å². The molecule has 0 saturated carbocycles. The first-order valence-electron chi connectivity index (χ1n) is 7.17. The zero-order valence-electron chi connectivity index (χ0n) is 12.8. The lowest BCUT2D eigenvalue weighted by Gasteiger charge is -2.26. The van der Waals surface area contributed by atoms with Crippen molar-refractivity contribution in [3.63, 3.8) is 0 Å². The van der Waals surface area contributed by atoms with Crippen LogP contribution in [0.15, 0.2) is 24.3 Å². The second-order valence-electron chi connectivity index (χ2n) is 4.93. The molecule has 0 bridgehead atoms. The maximum Gasteiger partial charge on any atom is 0.343 e. The first kappa shape index (κ1) is 15.5. The number of fused-ring (bicyclic) bond motifs is 1. The van der Waals surface area contributed by atoms with E-state index in [1.165, 1.54) is 0 Å². The van der Waals surface area contributed by atoms with Crippen LogP contribution >= 0.6 is 0 Å². The molecule has 9 nitrogen and oxygen atoms in total. The Morgan fingerprint density at radius 2 is 2.08 bits per heavy atom. The van der Waals surface area contributed by atoms with Crippen LogP contribution < -0.4 is 21.5 Å². The van der Waals surface area contributed by atoms with Gasteiger partial charge in [0.15, 0.2) is 0 Å². The van der Waals surface area contributed by atoms with Crippen molar-refractivity contribution >= 4 is 29.3 Å². The van der Waals surface area contributed by atoms with Crippen molar-refractivity contribution < 1.29 is 19.1 Å². The molecule has 124 valence electrons. The van der Waals surface area contributed by atoms with Crippen molar-refractivity contribution in [3.8, 4) is 5.75 Å². The molecule has 2 heterocycles. The summed E-state index contributed by atoms with van der Waals surface area (Å²) in [5.41, 5.74) is 11.7. The van der Waals surface area contributed by atoms with Gasteiger partial charge in [-0.2, -0.15) is 4.98 Å². The number of rotatable bonds is 3. The molecular formula is C15H15N5O4. The van der Waals surface area contributed by atoms with Gasteiger partial charge in [0.25, 0.3) is 5.91 Å². The molecule has 2 aromatic rings. The van der Waals surface area contributed by atoms with Crippen molar-refractivity contribution in [2.75, 3.05) is 23.4 Å². The summed E-state index contributed by atoms with van der Waals surface area (Å²) in [6.45, 7) is 1.77. The Bertz CT molecular complexity index is 824. The summed E-state index contributed by atoms with van der Waals surface area (Å²) in [6, 6.07) is 6.88. The number of hydrogen-bond acceptors (Lipinski definition) is 8. The first-order valence-corrected chi connectivity index (χ1v) is 7.17. The van der Waals surface area contributed by atoms with Crippen LogP contribution in [0.5, 0.6) is 5.75 Å². The fourth-order valence-electron chi connectivity index (χ4n) is 2.35. The van der Waals surface area contributed by atoms with E-state index in [0.717, 1.165) is 0 Å². The summed E-state index contributed by atoms with van der Waals surface area (Å²) in [6.07, 6.45) is -1.20. The van der Waals surface area contributed by atoms with Gasteiger partial charge in [0.1, 0.15) is 22.8 Å². The van der Waals surface area contributed by atoms with Crippen LogP contribution in [0.25, 0.3) is 0 Å². The minimum absolute atomic E-state index is 0.0366. The predicted octanol–water partition coefficient (Wildman–Crippen LogP) is 0.890. The molecule has 5 N–H and O–H groups in total. The summed E-state index contributed by atoms with van der Waals surface area (Å²) in [5.74, 6) is -1.17. The van der Waals surface area contributed by atoms with Crippen LogP contribution in [0.1, 0.15) is 29.1 Å². The van der Waals surface area contributed by atoms with E-state index in [1.54, 1.807) is 31.2 Å². The van der Waals surface area contributed by atoms with Crippen LogP contribution in [-0.2, 0) is 9.53 Å². The van der Waals surface area contributed by atoms with Gasteiger partial charge in [0.05, 0.1) is 12.3 Å². The van der Waals surface area contributed by atoms with Gasteiger partial charge in [-0.3, -0.25) is 4.79 Å². The molecule has 0 spiro atoms. The lowest BCUT2D eigenvalue weighted by molar-refractivity contribution is -0.123. The number of benzene rings is 1. The Morgan fingerprint density at radius 3 is 2.83 bits per heavy atom. The maximum atomic E-state index is 12.4. The van der Waals surface area contributed by atoms with Crippen molar-refractivity contribution in [2.24, 2.45) is 0 Å². The minimum atomic E-state index is -1.20. The highest BCUT2D eigenvalue weighted by atomic mass is 16.5. The number of carbonyl (C=O) groups is 2. The van der Waals surface area contributed by atoms with E-state index >= 15 is 0 Å². The summed E-state index contributed by atoms with van der Waals surface area (Å²) in [4.78, 5) is 32.3. The van der Waals surface area contributed by atoms with Gasteiger partial charge < -0.3 is 26.3 Å². The van der Waals surface area contributed by atoms with E-state index in [4.69, 9.17) is 20.9 Å². The van der Waals surface area contributed by atoms with Gasteiger partial charge in [0, 0.05) is 0 Å². The molecule has 1 aliphatic rings. The Balaban J connectivity index is 2.09. The van der Waals surface area contributed by atoms with Gasteiger partial charge in [-0.1, -0.05) is 12.1 Å². The molecule has 0 aliphatic carbocycles. The number of nitrogen functional groups attached to an aromatic ring is 2. The lowest BCUT2D eigenvalue weighted by Crippen LogP contribution is -2.33. The van der Waals surface area contributed by atoms with Crippen molar-refractivity contribution in [2.45, 2.75) is 13.0 Å². The Kier molecular flexibility index (Phi) is 3.90.